The number of sulfonamides is 1. The van der Waals surface area contributed by atoms with Gasteiger partial charge in [-0.25, -0.2) is 8.42 Å². The molecular weight excluding hydrogens is 426 g/mol. The quantitative estimate of drug-likeness (QED) is 0.698. The maximum Gasteiger partial charge on any atom is 0.248 e. The Bertz CT molecular complexity index is 959. The molecule has 1 amide bonds. The normalized spacial score (nSPS) is 15.5. The number of morpholine rings is 1. The number of benzene rings is 2. The number of carbonyl (C=O) groups excluding carboxylic acids is 1. The largest absolute Gasteiger partial charge is 0.378 e. The Labute approximate surface area is 182 Å². The SMILES string of the molecule is CC[C@H](C(=O)Nc1ccc(N2CCOCC2)cc1)N(c1ccc(Cl)cc1)S(C)(=O)=O. The minimum atomic E-state index is -3.69. The summed E-state index contributed by atoms with van der Waals surface area (Å²) in [6, 6.07) is 13.0. The molecule has 9 heteroatoms. The number of halogens is 1. The van der Waals surface area contributed by atoms with Gasteiger partial charge in [-0.15, -0.1) is 0 Å². The first-order valence-corrected chi connectivity index (χ1v) is 12.0. The van der Waals surface area contributed by atoms with Crippen molar-refractivity contribution in [1.82, 2.24) is 0 Å². The van der Waals surface area contributed by atoms with Gasteiger partial charge in [0.15, 0.2) is 0 Å². The first-order chi connectivity index (χ1) is 14.3. The van der Waals surface area contributed by atoms with Crippen molar-refractivity contribution >= 4 is 44.6 Å². The zero-order chi connectivity index (χ0) is 21.7. The van der Waals surface area contributed by atoms with Crippen molar-refractivity contribution in [2.75, 3.05) is 47.1 Å². The molecule has 1 saturated heterocycles. The number of amides is 1. The van der Waals surface area contributed by atoms with E-state index in [-0.39, 0.29) is 0 Å². The molecule has 1 atom stereocenters. The molecule has 0 aromatic heterocycles. The summed E-state index contributed by atoms with van der Waals surface area (Å²) in [6.07, 6.45) is 1.40. The summed E-state index contributed by atoms with van der Waals surface area (Å²) in [7, 11) is -3.69. The summed E-state index contributed by atoms with van der Waals surface area (Å²) in [5.41, 5.74) is 2.06. The summed E-state index contributed by atoms with van der Waals surface area (Å²) in [5.74, 6) is -0.392. The van der Waals surface area contributed by atoms with Gasteiger partial charge in [0.1, 0.15) is 6.04 Å². The van der Waals surface area contributed by atoms with Gasteiger partial charge in [-0.3, -0.25) is 9.10 Å². The van der Waals surface area contributed by atoms with Crippen molar-refractivity contribution in [3.05, 3.63) is 53.6 Å². The number of hydrogen-bond acceptors (Lipinski definition) is 5. The molecule has 0 radical (unpaired) electrons. The Balaban J connectivity index is 1.77. The molecule has 7 nitrogen and oxygen atoms in total. The van der Waals surface area contributed by atoms with E-state index in [0.29, 0.717) is 36.0 Å². The van der Waals surface area contributed by atoms with Gasteiger partial charge in [0.25, 0.3) is 0 Å². The summed E-state index contributed by atoms with van der Waals surface area (Å²) >= 11 is 5.93. The summed E-state index contributed by atoms with van der Waals surface area (Å²) in [6.45, 7) is 4.83. The lowest BCUT2D eigenvalue weighted by atomic mass is 10.1. The molecule has 2 aromatic rings. The standard InChI is InChI=1S/C21H26ClN3O4S/c1-3-20(25(30(2,27)28)19-8-4-16(22)5-9-19)21(26)23-17-6-10-18(11-7-17)24-12-14-29-15-13-24/h4-11,20H,3,12-15H2,1-2H3,(H,23,26)/t20-/m1/s1. The average molecular weight is 452 g/mol. The summed E-state index contributed by atoms with van der Waals surface area (Å²) in [5, 5.41) is 3.33. The Morgan fingerprint density at radius 1 is 1.13 bits per heavy atom. The van der Waals surface area contributed by atoms with Crippen LogP contribution in [0.5, 0.6) is 0 Å². The highest BCUT2D eigenvalue weighted by Gasteiger charge is 2.31. The summed E-state index contributed by atoms with van der Waals surface area (Å²) in [4.78, 5) is 15.2. The molecule has 0 unspecified atom stereocenters. The fraction of sp³-hybridized carbons (Fsp3) is 0.381. The summed E-state index contributed by atoms with van der Waals surface area (Å²) < 4.78 is 31.5. The highest BCUT2D eigenvalue weighted by Crippen LogP contribution is 2.25. The Kier molecular flexibility index (Phi) is 7.23. The second-order valence-electron chi connectivity index (χ2n) is 7.09. The molecule has 0 spiro atoms. The third-order valence-corrected chi connectivity index (χ3v) is 6.35. The van der Waals surface area contributed by atoms with Crippen LogP contribution < -0.4 is 14.5 Å². The van der Waals surface area contributed by atoms with E-state index in [9.17, 15) is 13.2 Å². The van der Waals surface area contributed by atoms with E-state index in [1.54, 1.807) is 31.2 Å². The smallest absolute Gasteiger partial charge is 0.248 e. The van der Waals surface area contributed by atoms with Crippen molar-refractivity contribution in [2.24, 2.45) is 0 Å². The maximum absolute atomic E-state index is 13.0. The van der Waals surface area contributed by atoms with E-state index in [4.69, 9.17) is 16.3 Å². The first-order valence-electron chi connectivity index (χ1n) is 9.78. The lowest BCUT2D eigenvalue weighted by molar-refractivity contribution is -0.117. The first kappa shape index (κ1) is 22.4. The minimum absolute atomic E-state index is 0.313. The van der Waals surface area contributed by atoms with Gasteiger partial charge < -0.3 is 15.0 Å². The zero-order valence-electron chi connectivity index (χ0n) is 17.0. The monoisotopic (exact) mass is 451 g/mol. The second kappa shape index (κ2) is 9.68. The van der Waals surface area contributed by atoms with E-state index in [1.165, 1.54) is 0 Å². The number of nitrogens with zero attached hydrogens (tertiary/aromatic N) is 2. The van der Waals surface area contributed by atoms with E-state index in [0.717, 1.165) is 29.3 Å². The number of carbonyl (C=O) groups is 1. The van der Waals surface area contributed by atoms with Crippen molar-refractivity contribution < 1.29 is 17.9 Å². The van der Waals surface area contributed by atoms with E-state index in [2.05, 4.69) is 10.2 Å². The highest BCUT2D eigenvalue weighted by molar-refractivity contribution is 7.92. The predicted octanol–water partition coefficient (Wildman–Crippen LogP) is 3.36. The zero-order valence-corrected chi connectivity index (χ0v) is 18.6. The Morgan fingerprint density at radius 3 is 2.27 bits per heavy atom. The van der Waals surface area contributed by atoms with Crippen molar-refractivity contribution in [2.45, 2.75) is 19.4 Å². The average Bonchev–Trinajstić information content (AvgIpc) is 2.73. The van der Waals surface area contributed by atoms with Crippen LogP contribution in [-0.4, -0.2) is 52.9 Å². The molecule has 30 heavy (non-hydrogen) atoms. The van der Waals surface area contributed by atoms with E-state index >= 15 is 0 Å². The maximum atomic E-state index is 13.0. The molecule has 162 valence electrons. The molecule has 1 aliphatic heterocycles. The number of anilines is 3. The fourth-order valence-electron chi connectivity index (χ4n) is 3.45. The Hall–Kier alpha value is -2.29. The van der Waals surface area contributed by atoms with Crippen molar-refractivity contribution in [3.63, 3.8) is 0 Å². The van der Waals surface area contributed by atoms with Crippen LogP contribution in [0.15, 0.2) is 48.5 Å². The number of rotatable bonds is 7. The Morgan fingerprint density at radius 2 is 1.73 bits per heavy atom. The van der Waals surface area contributed by atoms with E-state index < -0.39 is 22.0 Å². The molecule has 0 saturated carbocycles. The molecule has 0 bridgehead atoms. The van der Waals surface area contributed by atoms with Gasteiger partial charge in [0, 0.05) is 29.5 Å². The third kappa shape index (κ3) is 5.44. The molecule has 1 heterocycles. The van der Waals surface area contributed by atoms with Gasteiger partial charge in [-0.1, -0.05) is 18.5 Å². The van der Waals surface area contributed by atoms with Crippen LogP contribution in [0.2, 0.25) is 5.02 Å². The fourth-order valence-corrected chi connectivity index (χ4v) is 4.79. The molecule has 3 rings (SSSR count). The lowest BCUT2D eigenvalue weighted by Gasteiger charge is -2.30. The van der Waals surface area contributed by atoms with Crippen LogP contribution in [0, 0.1) is 0 Å². The van der Waals surface area contributed by atoms with Gasteiger partial charge in [-0.2, -0.15) is 0 Å². The van der Waals surface area contributed by atoms with Crippen molar-refractivity contribution in [3.8, 4) is 0 Å². The van der Waals surface area contributed by atoms with Crippen LogP contribution >= 0.6 is 11.6 Å². The molecular formula is C21H26ClN3O4S. The molecule has 2 aromatic carbocycles. The topological polar surface area (TPSA) is 79.0 Å². The van der Waals surface area contributed by atoms with Gasteiger partial charge in [-0.05, 0) is 55.0 Å². The molecule has 1 N–H and O–H groups in total. The lowest BCUT2D eigenvalue weighted by Crippen LogP contribution is -2.47. The van der Waals surface area contributed by atoms with Crippen LogP contribution in [0.3, 0.4) is 0 Å². The molecule has 1 fully saturated rings. The number of nitrogens with one attached hydrogen (secondary N) is 1. The van der Waals surface area contributed by atoms with Gasteiger partial charge in [0.2, 0.25) is 15.9 Å². The minimum Gasteiger partial charge on any atom is -0.378 e. The highest BCUT2D eigenvalue weighted by atomic mass is 35.5. The molecule has 1 aliphatic rings. The van der Waals surface area contributed by atoms with Gasteiger partial charge in [0.05, 0.1) is 25.2 Å². The predicted molar refractivity (Wildman–Crippen MR) is 121 cm³/mol. The van der Waals surface area contributed by atoms with E-state index in [1.807, 2.05) is 24.3 Å². The van der Waals surface area contributed by atoms with Crippen LogP contribution in [0.25, 0.3) is 0 Å². The van der Waals surface area contributed by atoms with Crippen LogP contribution in [0.4, 0.5) is 17.1 Å². The van der Waals surface area contributed by atoms with Crippen molar-refractivity contribution in [1.29, 1.82) is 0 Å². The third-order valence-electron chi connectivity index (χ3n) is 4.92. The number of hydrogen-bond donors (Lipinski definition) is 1. The number of ether oxygens (including phenoxy) is 1. The van der Waals surface area contributed by atoms with Gasteiger partial charge >= 0.3 is 0 Å². The van der Waals surface area contributed by atoms with Crippen LogP contribution in [0.1, 0.15) is 13.3 Å². The van der Waals surface area contributed by atoms with Crippen LogP contribution in [-0.2, 0) is 19.6 Å². The second-order valence-corrected chi connectivity index (χ2v) is 9.39. The molecule has 0 aliphatic carbocycles.